The molecule has 18 heavy (non-hydrogen) atoms. The van der Waals surface area contributed by atoms with Gasteiger partial charge in [-0.15, -0.1) is 12.4 Å². The van der Waals surface area contributed by atoms with Gasteiger partial charge >= 0.3 is 0 Å². The summed E-state index contributed by atoms with van der Waals surface area (Å²) in [6.07, 6.45) is 2.70. The summed E-state index contributed by atoms with van der Waals surface area (Å²) in [4.78, 5) is 13.5. The van der Waals surface area contributed by atoms with Crippen LogP contribution in [0.3, 0.4) is 0 Å². The van der Waals surface area contributed by atoms with E-state index in [4.69, 9.17) is 10.2 Å². The monoisotopic (exact) mass is 356 g/mol. The van der Waals surface area contributed by atoms with Gasteiger partial charge in [0.15, 0.2) is 4.67 Å². The standard InChI is InChI=1S/C11H17BrN2O2S.ClH/c1-14(7-8-3-4-10(12)16-8)11(15)9(13)5-6-17-2;/h3-4,9H,5-7,13H2,1-2H3;1H/t9-;/m0./s1. The highest BCUT2D eigenvalue weighted by atomic mass is 79.9. The minimum absolute atomic E-state index is 0. The number of likely N-dealkylation sites (N-methyl/N-ethyl adjacent to an activating group) is 1. The Kier molecular flexibility index (Phi) is 8.77. The first-order valence-electron chi connectivity index (χ1n) is 5.28. The number of halogens is 2. The van der Waals surface area contributed by atoms with Gasteiger partial charge in [0, 0.05) is 7.05 Å². The molecule has 1 atom stereocenters. The van der Waals surface area contributed by atoms with E-state index in [1.54, 1.807) is 29.8 Å². The van der Waals surface area contributed by atoms with E-state index in [1.165, 1.54) is 0 Å². The summed E-state index contributed by atoms with van der Waals surface area (Å²) in [5.74, 6) is 1.59. The van der Waals surface area contributed by atoms with Crippen LogP contribution in [0.1, 0.15) is 12.2 Å². The third-order valence-electron chi connectivity index (χ3n) is 2.35. The Morgan fingerprint density at radius 3 is 2.78 bits per heavy atom. The zero-order valence-electron chi connectivity index (χ0n) is 10.4. The SMILES string of the molecule is CSCC[C@H](N)C(=O)N(C)Cc1ccc(Br)o1.Cl. The molecule has 0 aliphatic heterocycles. The molecule has 1 amide bonds. The van der Waals surface area contributed by atoms with E-state index in [1.807, 2.05) is 12.3 Å². The van der Waals surface area contributed by atoms with Crippen molar-refractivity contribution in [3.05, 3.63) is 22.6 Å². The Balaban J connectivity index is 0.00000289. The van der Waals surface area contributed by atoms with Crippen molar-refractivity contribution in [2.75, 3.05) is 19.1 Å². The molecule has 0 aromatic carbocycles. The number of carbonyl (C=O) groups is 1. The zero-order chi connectivity index (χ0) is 12.8. The van der Waals surface area contributed by atoms with Crippen molar-refractivity contribution >= 4 is 46.0 Å². The van der Waals surface area contributed by atoms with E-state index in [0.29, 0.717) is 17.6 Å². The molecule has 1 aromatic rings. The van der Waals surface area contributed by atoms with Gasteiger partial charge in [-0.1, -0.05) is 0 Å². The number of carbonyl (C=O) groups excluding carboxylic acids is 1. The second kappa shape index (κ2) is 8.85. The smallest absolute Gasteiger partial charge is 0.239 e. The lowest BCUT2D eigenvalue weighted by atomic mass is 10.2. The van der Waals surface area contributed by atoms with Crippen molar-refractivity contribution in [2.24, 2.45) is 5.73 Å². The predicted molar refractivity (Wildman–Crippen MR) is 81.1 cm³/mol. The topological polar surface area (TPSA) is 59.5 Å². The first-order chi connectivity index (χ1) is 8.04. The third kappa shape index (κ3) is 5.65. The summed E-state index contributed by atoms with van der Waals surface area (Å²) in [6, 6.07) is 3.22. The molecule has 0 unspecified atom stereocenters. The Morgan fingerprint density at radius 1 is 1.61 bits per heavy atom. The van der Waals surface area contributed by atoms with Crippen LogP contribution >= 0.6 is 40.1 Å². The molecular formula is C11H18BrClN2O2S. The molecule has 7 heteroatoms. The molecule has 0 aliphatic rings. The van der Waals surface area contributed by atoms with Crippen molar-refractivity contribution < 1.29 is 9.21 Å². The second-order valence-corrected chi connectivity index (χ2v) is 5.56. The van der Waals surface area contributed by atoms with Gasteiger partial charge in [0.05, 0.1) is 12.6 Å². The average Bonchev–Trinajstić information content (AvgIpc) is 2.70. The normalized spacial score (nSPS) is 11.8. The molecule has 4 nitrogen and oxygen atoms in total. The Morgan fingerprint density at radius 2 is 2.28 bits per heavy atom. The zero-order valence-corrected chi connectivity index (χ0v) is 13.6. The fourth-order valence-corrected chi connectivity index (χ4v) is 2.23. The Bertz CT molecular complexity index is 376. The van der Waals surface area contributed by atoms with Gasteiger partial charge in [-0.05, 0) is 46.5 Å². The van der Waals surface area contributed by atoms with E-state index >= 15 is 0 Å². The van der Waals surface area contributed by atoms with Gasteiger partial charge in [-0.2, -0.15) is 11.8 Å². The Hall–Kier alpha value is -0.170. The second-order valence-electron chi connectivity index (χ2n) is 3.79. The molecule has 2 N–H and O–H groups in total. The number of nitrogens with zero attached hydrogens (tertiary/aromatic N) is 1. The van der Waals surface area contributed by atoms with Crippen LogP contribution in [0.4, 0.5) is 0 Å². The number of hydrogen-bond acceptors (Lipinski definition) is 4. The van der Waals surface area contributed by atoms with Crippen molar-refractivity contribution in [3.8, 4) is 0 Å². The number of hydrogen-bond donors (Lipinski definition) is 1. The maximum Gasteiger partial charge on any atom is 0.239 e. The summed E-state index contributed by atoms with van der Waals surface area (Å²) in [6.45, 7) is 0.442. The van der Waals surface area contributed by atoms with Gasteiger partial charge < -0.3 is 15.1 Å². The molecule has 0 saturated heterocycles. The van der Waals surface area contributed by atoms with Crippen LogP contribution in [0.2, 0.25) is 0 Å². The van der Waals surface area contributed by atoms with E-state index in [9.17, 15) is 4.79 Å². The quantitative estimate of drug-likeness (QED) is 0.850. The lowest BCUT2D eigenvalue weighted by Crippen LogP contribution is -2.41. The molecule has 1 rings (SSSR count). The van der Waals surface area contributed by atoms with Gasteiger partial charge in [-0.3, -0.25) is 4.79 Å². The van der Waals surface area contributed by atoms with Crippen molar-refractivity contribution in [3.63, 3.8) is 0 Å². The van der Waals surface area contributed by atoms with Crippen LogP contribution in [0.15, 0.2) is 21.2 Å². The predicted octanol–water partition coefficient (Wildman–Crippen LogP) is 2.50. The lowest BCUT2D eigenvalue weighted by molar-refractivity contribution is -0.132. The van der Waals surface area contributed by atoms with E-state index in [2.05, 4.69) is 15.9 Å². The highest BCUT2D eigenvalue weighted by Crippen LogP contribution is 2.15. The molecule has 0 spiro atoms. The summed E-state index contributed by atoms with van der Waals surface area (Å²) in [5, 5.41) is 0. The first-order valence-corrected chi connectivity index (χ1v) is 7.47. The van der Waals surface area contributed by atoms with Crippen LogP contribution in [-0.2, 0) is 11.3 Å². The molecule has 104 valence electrons. The molecule has 0 aliphatic carbocycles. The number of rotatable bonds is 6. The molecule has 0 saturated carbocycles. The third-order valence-corrected chi connectivity index (χ3v) is 3.42. The van der Waals surface area contributed by atoms with E-state index in [0.717, 1.165) is 11.5 Å². The van der Waals surface area contributed by atoms with Crippen LogP contribution in [0, 0.1) is 0 Å². The van der Waals surface area contributed by atoms with Crippen molar-refractivity contribution in [2.45, 2.75) is 19.0 Å². The summed E-state index contributed by atoms with van der Waals surface area (Å²) in [7, 11) is 1.73. The van der Waals surface area contributed by atoms with Crippen LogP contribution in [-0.4, -0.2) is 35.9 Å². The van der Waals surface area contributed by atoms with Crippen LogP contribution < -0.4 is 5.73 Å². The fraction of sp³-hybridized carbons (Fsp3) is 0.545. The Labute approximate surface area is 126 Å². The van der Waals surface area contributed by atoms with Crippen molar-refractivity contribution in [1.29, 1.82) is 0 Å². The minimum atomic E-state index is -0.425. The lowest BCUT2D eigenvalue weighted by Gasteiger charge is -2.20. The molecule has 0 fully saturated rings. The summed E-state index contributed by atoms with van der Waals surface area (Å²) < 4.78 is 6.01. The fourth-order valence-electron chi connectivity index (χ4n) is 1.40. The molecule has 0 radical (unpaired) electrons. The molecule has 1 aromatic heterocycles. The van der Waals surface area contributed by atoms with Crippen LogP contribution in [0.25, 0.3) is 0 Å². The van der Waals surface area contributed by atoms with E-state index < -0.39 is 6.04 Å². The number of nitrogens with two attached hydrogens (primary N) is 1. The molecular weight excluding hydrogens is 340 g/mol. The number of amides is 1. The van der Waals surface area contributed by atoms with Gasteiger partial charge in [-0.25, -0.2) is 0 Å². The highest BCUT2D eigenvalue weighted by molar-refractivity contribution is 9.10. The minimum Gasteiger partial charge on any atom is -0.452 e. The van der Waals surface area contributed by atoms with Crippen LogP contribution in [0.5, 0.6) is 0 Å². The average molecular weight is 358 g/mol. The summed E-state index contributed by atoms with van der Waals surface area (Å²) in [5.41, 5.74) is 5.82. The first kappa shape index (κ1) is 17.8. The van der Waals surface area contributed by atoms with Gasteiger partial charge in [0.2, 0.25) is 5.91 Å². The highest BCUT2D eigenvalue weighted by Gasteiger charge is 2.18. The largest absolute Gasteiger partial charge is 0.452 e. The molecule has 1 heterocycles. The summed E-state index contributed by atoms with van der Waals surface area (Å²) >= 11 is 4.92. The van der Waals surface area contributed by atoms with Crippen molar-refractivity contribution in [1.82, 2.24) is 4.90 Å². The maximum atomic E-state index is 11.9. The van der Waals surface area contributed by atoms with E-state index in [-0.39, 0.29) is 18.3 Å². The number of furan rings is 1. The molecule has 0 bridgehead atoms. The maximum absolute atomic E-state index is 11.9. The van der Waals surface area contributed by atoms with Gasteiger partial charge in [0.1, 0.15) is 5.76 Å². The number of thioether (sulfide) groups is 1. The van der Waals surface area contributed by atoms with Gasteiger partial charge in [0.25, 0.3) is 0 Å².